The van der Waals surface area contributed by atoms with Gasteiger partial charge in [-0.3, -0.25) is 0 Å². The van der Waals surface area contributed by atoms with Crippen molar-refractivity contribution in [3.05, 3.63) is 223 Å². The Bertz CT molecular complexity index is 3340. The predicted octanol–water partition coefficient (Wildman–Crippen LogP) is 11.3. The van der Waals surface area contributed by atoms with Gasteiger partial charge in [-0.1, -0.05) is 177 Å². The molecule has 3 heteroatoms. The molecule has 2 aliphatic carbocycles. The average molecular weight is 783 g/mol. The molecule has 2 heterocycles. The van der Waals surface area contributed by atoms with E-state index in [9.17, 15) is 0 Å². The van der Waals surface area contributed by atoms with Gasteiger partial charge in [0.05, 0.1) is 22.1 Å². The van der Waals surface area contributed by atoms with Gasteiger partial charge in [0, 0.05) is 44.4 Å². The second-order valence-electron chi connectivity index (χ2n) is 17.0. The third kappa shape index (κ3) is 4.77. The fraction of sp³-hybridized carbons (Fsp3) is 0.0877. The molecule has 0 saturated carbocycles. The molecule has 0 spiro atoms. The summed E-state index contributed by atoms with van der Waals surface area (Å²) in [6.07, 6.45) is 6.95. The van der Waals surface area contributed by atoms with E-state index in [2.05, 4.69) is 229 Å². The lowest BCUT2D eigenvalue weighted by Crippen LogP contribution is -2.74. The smallest absolute Gasteiger partial charge is 0.180 e. The van der Waals surface area contributed by atoms with Crippen LogP contribution in [0.25, 0.3) is 60.6 Å². The standard InChI is InChI=1S/C57H42N2Si/c1-57(2)49-31-15-12-28-44(49)46-36-37-47-45-29-13-16-32-50(45)59(56(47)55(46)57)40-22-18-27-43(38-40)60(41-23-8-4-9-24-41,42-25-10-5-11-26-42)53-35-19-34-52-54(53)48-30-14-17-33-51(48)58(52)39-20-6-3-7-21-39/h3-13,16,18-30,32-38H,15,31H2,1-2H3. The first-order valence-electron chi connectivity index (χ1n) is 21.2. The molecule has 2 nitrogen and oxygen atoms in total. The zero-order valence-electron chi connectivity index (χ0n) is 33.8. The van der Waals surface area contributed by atoms with Crippen molar-refractivity contribution in [3.63, 3.8) is 0 Å². The Kier molecular flexibility index (Phi) is 7.67. The minimum atomic E-state index is -3.09. The summed E-state index contributed by atoms with van der Waals surface area (Å²) in [5.74, 6) is 0. The number of nitrogens with zero attached hydrogens (tertiary/aromatic N) is 2. The van der Waals surface area contributed by atoms with Crippen molar-refractivity contribution in [2.45, 2.75) is 32.1 Å². The summed E-state index contributed by atoms with van der Waals surface area (Å²) in [7, 11) is -3.09. The minimum Gasteiger partial charge on any atom is -0.309 e. The van der Waals surface area contributed by atoms with Crippen molar-refractivity contribution >= 4 is 78.0 Å². The maximum atomic E-state index is 3.36. The van der Waals surface area contributed by atoms with Gasteiger partial charge >= 0.3 is 0 Å². The summed E-state index contributed by atoms with van der Waals surface area (Å²) in [6.45, 7) is 4.91. The van der Waals surface area contributed by atoms with Crippen LogP contribution in [-0.4, -0.2) is 17.2 Å². The molecule has 0 amide bonds. The second kappa shape index (κ2) is 13.2. The summed E-state index contributed by atoms with van der Waals surface area (Å²) >= 11 is 0. The Labute approximate surface area is 352 Å². The van der Waals surface area contributed by atoms with Gasteiger partial charge in [-0.15, -0.1) is 0 Å². The van der Waals surface area contributed by atoms with Crippen molar-refractivity contribution in [1.29, 1.82) is 0 Å². The Morgan fingerprint density at radius 1 is 0.533 bits per heavy atom. The molecule has 10 aromatic rings. The van der Waals surface area contributed by atoms with Gasteiger partial charge in [0.1, 0.15) is 0 Å². The number of hydrogen-bond donors (Lipinski definition) is 0. The van der Waals surface area contributed by atoms with E-state index < -0.39 is 8.07 Å². The van der Waals surface area contributed by atoms with E-state index >= 15 is 0 Å². The Morgan fingerprint density at radius 3 is 1.97 bits per heavy atom. The van der Waals surface area contributed by atoms with Gasteiger partial charge in [-0.2, -0.15) is 0 Å². The van der Waals surface area contributed by atoms with Gasteiger partial charge in [0.25, 0.3) is 0 Å². The first kappa shape index (κ1) is 34.9. The quantitative estimate of drug-likeness (QED) is 0.117. The zero-order valence-corrected chi connectivity index (χ0v) is 34.8. The van der Waals surface area contributed by atoms with Crippen LogP contribution in [0.2, 0.25) is 0 Å². The molecule has 8 aromatic carbocycles. The molecule has 0 fully saturated rings. The number of allylic oxidation sites excluding steroid dienone is 4. The highest BCUT2D eigenvalue weighted by molar-refractivity contribution is 7.20. The van der Waals surface area contributed by atoms with Crippen LogP contribution >= 0.6 is 0 Å². The number of para-hydroxylation sites is 2. The van der Waals surface area contributed by atoms with Gasteiger partial charge in [-0.25, -0.2) is 0 Å². The second-order valence-corrected chi connectivity index (χ2v) is 20.7. The van der Waals surface area contributed by atoms with Gasteiger partial charge in [-0.05, 0) is 92.8 Å². The van der Waals surface area contributed by atoms with Crippen LogP contribution in [0.4, 0.5) is 0 Å². The molecular formula is C57H42N2Si. The first-order chi connectivity index (χ1) is 29.6. The van der Waals surface area contributed by atoms with Crippen molar-refractivity contribution in [2.24, 2.45) is 0 Å². The zero-order chi connectivity index (χ0) is 40.0. The summed E-state index contributed by atoms with van der Waals surface area (Å²) in [5, 5.41) is 10.5. The van der Waals surface area contributed by atoms with Crippen LogP contribution in [0.3, 0.4) is 0 Å². The summed E-state index contributed by atoms with van der Waals surface area (Å²) in [6, 6.07) is 74.8. The molecule has 0 saturated heterocycles. The summed E-state index contributed by atoms with van der Waals surface area (Å²) < 4.78 is 5.01. The maximum absolute atomic E-state index is 3.36. The fourth-order valence-electron chi connectivity index (χ4n) is 11.2. The molecule has 60 heavy (non-hydrogen) atoms. The van der Waals surface area contributed by atoms with Crippen LogP contribution < -0.4 is 20.7 Å². The first-order valence-corrected chi connectivity index (χ1v) is 23.2. The highest BCUT2D eigenvalue weighted by Crippen LogP contribution is 2.53. The molecular weight excluding hydrogens is 741 g/mol. The van der Waals surface area contributed by atoms with Crippen LogP contribution in [0.15, 0.2) is 200 Å². The molecule has 0 atom stereocenters. The van der Waals surface area contributed by atoms with Gasteiger partial charge in [0.15, 0.2) is 8.07 Å². The maximum Gasteiger partial charge on any atom is 0.180 e. The van der Waals surface area contributed by atoms with Crippen LogP contribution in [0.5, 0.6) is 0 Å². The highest BCUT2D eigenvalue weighted by Gasteiger charge is 2.44. The highest BCUT2D eigenvalue weighted by atomic mass is 28.3. The van der Waals surface area contributed by atoms with E-state index in [1.165, 1.54) is 81.2 Å². The number of fused-ring (bicyclic) bond motifs is 9. The predicted molar refractivity (Wildman–Crippen MR) is 255 cm³/mol. The third-order valence-corrected chi connectivity index (χ3v) is 18.4. The molecule has 2 aromatic heterocycles. The normalized spacial score (nSPS) is 14.6. The van der Waals surface area contributed by atoms with Gasteiger partial charge < -0.3 is 9.13 Å². The van der Waals surface area contributed by atoms with Crippen molar-refractivity contribution in [2.75, 3.05) is 0 Å². The molecule has 0 N–H and O–H groups in total. The number of rotatable bonds is 6. The SMILES string of the molecule is CC1(C)C2=C(C=CCC2)c2ccc3c4ccccc4n(-c4cccc([Si](c5ccccc5)(c5ccccc5)c5cccc6c5c5cc#ccc5n6-c5ccccc5)c4)c3c21. The molecule has 0 unspecified atom stereocenters. The van der Waals surface area contributed by atoms with Crippen molar-refractivity contribution in [1.82, 2.24) is 9.13 Å². The number of aromatic nitrogens is 2. The van der Waals surface area contributed by atoms with E-state index in [0.29, 0.717) is 0 Å². The van der Waals surface area contributed by atoms with E-state index in [1.807, 2.05) is 0 Å². The largest absolute Gasteiger partial charge is 0.309 e. The van der Waals surface area contributed by atoms with E-state index in [4.69, 9.17) is 0 Å². The van der Waals surface area contributed by atoms with E-state index in [-0.39, 0.29) is 5.41 Å². The molecule has 2 aliphatic rings. The average Bonchev–Trinajstić information content (AvgIpc) is 3.91. The Balaban J connectivity index is 1.21. The lowest BCUT2D eigenvalue weighted by Gasteiger charge is -2.35. The molecule has 0 radical (unpaired) electrons. The summed E-state index contributed by atoms with van der Waals surface area (Å²) in [5.41, 5.74) is 12.9. The molecule has 0 aliphatic heterocycles. The summed E-state index contributed by atoms with van der Waals surface area (Å²) in [4.78, 5) is 0. The van der Waals surface area contributed by atoms with Crippen LogP contribution in [-0.2, 0) is 5.41 Å². The minimum absolute atomic E-state index is 0.0949. The van der Waals surface area contributed by atoms with Crippen molar-refractivity contribution in [3.8, 4) is 11.4 Å². The number of hydrogen-bond acceptors (Lipinski definition) is 0. The Morgan fingerprint density at radius 2 is 1.18 bits per heavy atom. The fourth-order valence-corrected chi connectivity index (χ4v) is 16.2. The Hall–Kier alpha value is -7.12. The van der Waals surface area contributed by atoms with Gasteiger partial charge in [0.2, 0.25) is 0 Å². The van der Waals surface area contributed by atoms with Crippen LogP contribution in [0.1, 0.15) is 37.8 Å². The molecule has 0 bridgehead atoms. The lowest BCUT2D eigenvalue weighted by atomic mass is 9.78. The molecule has 12 rings (SSSR count). The van der Waals surface area contributed by atoms with Crippen molar-refractivity contribution < 1.29 is 0 Å². The molecule has 284 valence electrons. The topological polar surface area (TPSA) is 9.86 Å². The monoisotopic (exact) mass is 782 g/mol. The third-order valence-electron chi connectivity index (χ3n) is 13.6. The van der Waals surface area contributed by atoms with E-state index in [1.54, 1.807) is 5.57 Å². The van der Waals surface area contributed by atoms with E-state index in [0.717, 1.165) is 24.0 Å². The number of benzene rings is 7. The lowest BCUT2D eigenvalue weighted by molar-refractivity contribution is 0.610. The van der Waals surface area contributed by atoms with Crippen LogP contribution in [0, 0.1) is 12.1 Å².